The van der Waals surface area contributed by atoms with Gasteiger partial charge in [-0.15, -0.1) is 0 Å². The molecule has 1 aromatic carbocycles. The predicted octanol–water partition coefficient (Wildman–Crippen LogP) is 1.40. The number of piperidine rings is 1. The van der Waals surface area contributed by atoms with Crippen LogP contribution in [0.25, 0.3) is 0 Å². The van der Waals surface area contributed by atoms with Gasteiger partial charge in [0.15, 0.2) is 0 Å². The minimum absolute atomic E-state index is 0.129. The largest absolute Gasteiger partial charge is 0.320 e. The molecule has 0 saturated carbocycles. The average Bonchev–Trinajstić information content (AvgIpc) is 2.48. The fourth-order valence-electron chi connectivity index (χ4n) is 2.17. The van der Waals surface area contributed by atoms with Gasteiger partial charge in [-0.2, -0.15) is 5.26 Å². The van der Waals surface area contributed by atoms with Crippen LogP contribution in [0, 0.1) is 27.4 Å². The van der Waals surface area contributed by atoms with Gasteiger partial charge in [-0.1, -0.05) is 0 Å². The quantitative estimate of drug-likeness (QED) is 0.639. The Hall–Kier alpha value is -2.46. The zero-order chi connectivity index (χ0) is 14.5. The van der Waals surface area contributed by atoms with Crippen LogP contribution in [-0.2, 0) is 4.79 Å². The SMILES string of the molecule is N#Cc1ccc(NC(=O)[C@@H]2CCCNC2)c([N+](=O)[O-])c1. The van der Waals surface area contributed by atoms with Gasteiger partial charge in [-0.3, -0.25) is 14.9 Å². The zero-order valence-electron chi connectivity index (χ0n) is 10.8. The monoisotopic (exact) mass is 274 g/mol. The average molecular weight is 274 g/mol. The summed E-state index contributed by atoms with van der Waals surface area (Å²) >= 11 is 0. The summed E-state index contributed by atoms with van der Waals surface area (Å²) in [6.45, 7) is 1.47. The van der Waals surface area contributed by atoms with Crippen molar-refractivity contribution in [1.82, 2.24) is 5.32 Å². The Morgan fingerprint density at radius 1 is 1.55 bits per heavy atom. The van der Waals surface area contributed by atoms with Crippen LogP contribution in [0.1, 0.15) is 18.4 Å². The number of hydrogen-bond acceptors (Lipinski definition) is 5. The number of nitrogens with one attached hydrogen (secondary N) is 2. The molecule has 0 spiro atoms. The van der Waals surface area contributed by atoms with E-state index in [4.69, 9.17) is 5.26 Å². The van der Waals surface area contributed by atoms with E-state index in [1.165, 1.54) is 12.1 Å². The Bertz CT molecular complexity index is 573. The standard InChI is InChI=1S/C13H14N4O3/c14-7-9-3-4-11(12(6-9)17(19)20)16-13(18)10-2-1-5-15-8-10/h3-4,6,10,15H,1-2,5,8H2,(H,16,18)/t10-/m1/s1. The van der Waals surface area contributed by atoms with Crippen molar-refractivity contribution in [1.29, 1.82) is 5.26 Å². The molecule has 1 aliphatic rings. The van der Waals surface area contributed by atoms with Gasteiger partial charge < -0.3 is 10.6 Å². The molecule has 1 atom stereocenters. The summed E-state index contributed by atoms with van der Waals surface area (Å²) in [5.74, 6) is -0.413. The first-order valence-electron chi connectivity index (χ1n) is 6.32. The molecule has 1 heterocycles. The highest BCUT2D eigenvalue weighted by molar-refractivity contribution is 5.95. The molecule has 7 nitrogen and oxygen atoms in total. The van der Waals surface area contributed by atoms with Crippen molar-refractivity contribution >= 4 is 17.3 Å². The molecule has 1 aliphatic heterocycles. The fourth-order valence-corrected chi connectivity index (χ4v) is 2.17. The lowest BCUT2D eigenvalue weighted by Gasteiger charge is -2.21. The number of rotatable bonds is 3. The highest BCUT2D eigenvalue weighted by Gasteiger charge is 2.23. The van der Waals surface area contributed by atoms with Gasteiger partial charge >= 0.3 is 0 Å². The maximum absolute atomic E-state index is 12.1. The summed E-state index contributed by atoms with van der Waals surface area (Å²) in [4.78, 5) is 22.4. The summed E-state index contributed by atoms with van der Waals surface area (Å²) in [7, 11) is 0. The molecule has 0 radical (unpaired) electrons. The Morgan fingerprint density at radius 2 is 2.35 bits per heavy atom. The van der Waals surface area contributed by atoms with Crippen LogP contribution in [0.4, 0.5) is 11.4 Å². The number of hydrogen-bond donors (Lipinski definition) is 2. The van der Waals surface area contributed by atoms with Gasteiger partial charge in [0, 0.05) is 12.6 Å². The van der Waals surface area contributed by atoms with E-state index in [9.17, 15) is 14.9 Å². The minimum Gasteiger partial charge on any atom is -0.320 e. The third-order valence-electron chi connectivity index (χ3n) is 3.25. The van der Waals surface area contributed by atoms with Gasteiger partial charge in [0.1, 0.15) is 5.69 Å². The normalized spacial score (nSPS) is 18.1. The summed E-state index contributed by atoms with van der Waals surface area (Å²) in [6.07, 6.45) is 1.68. The van der Waals surface area contributed by atoms with Gasteiger partial charge in [0.25, 0.3) is 5.69 Å². The lowest BCUT2D eigenvalue weighted by atomic mass is 9.98. The lowest BCUT2D eigenvalue weighted by molar-refractivity contribution is -0.384. The minimum atomic E-state index is -0.602. The van der Waals surface area contributed by atoms with Gasteiger partial charge in [0.05, 0.1) is 22.5 Å². The number of carbonyl (C=O) groups excluding carboxylic acids is 1. The van der Waals surface area contributed by atoms with E-state index in [1.54, 1.807) is 0 Å². The number of nitrogens with zero attached hydrogens (tertiary/aromatic N) is 2. The number of amides is 1. The van der Waals surface area contributed by atoms with Crippen molar-refractivity contribution in [2.75, 3.05) is 18.4 Å². The van der Waals surface area contributed by atoms with Crippen LogP contribution >= 0.6 is 0 Å². The third kappa shape index (κ3) is 3.10. The molecule has 104 valence electrons. The number of nitriles is 1. The molecule has 1 aromatic rings. The summed E-state index contributed by atoms with van der Waals surface area (Å²) in [5, 5.41) is 25.4. The molecule has 0 bridgehead atoms. The molecule has 1 fully saturated rings. The molecule has 20 heavy (non-hydrogen) atoms. The van der Waals surface area contributed by atoms with Crippen molar-refractivity contribution < 1.29 is 9.72 Å². The molecule has 7 heteroatoms. The van der Waals surface area contributed by atoms with E-state index in [0.29, 0.717) is 6.54 Å². The Morgan fingerprint density at radius 3 is 2.95 bits per heavy atom. The predicted molar refractivity (Wildman–Crippen MR) is 72.0 cm³/mol. The second kappa shape index (κ2) is 6.12. The topological polar surface area (TPSA) is 108 Å². The van der Waals surface area contributed by atoms with Gasteiger partial charge in [-0.05, 0) is 31.5 Å². The number of nitro benzene ring substituents is 1. The lowest BCUT2D eigenvalue weighted by Crippen LogP contribution is -2.37. The molecule has 0 unspecified atom stereocenters. The van der Waals surface area contributed by atoms with E-state index in [1.807, 2.05) is 6.07 Å². The first-order valence-corrected chi connectivity index (χ1v) is 6.32. The molecule has 1 amide bonds. The van der Waals surface area contributed by atoms with Crippen molar-refractivity contribution in [3.05, 3.63) is 33.9 Å². The Labute approximate surface area is 115 Å². The summed E-state index contributed by atoms with van der Waals surface area (Å²) in [6, 6.07) is 5.84. The number of anilines is 1. The van der Waals surface area contributed by atoms with E-state index in [0.717, 1.165) is 25.5 Å². The number of carbonyl (C=O) groups is 1. The highest BCUT2D eigenvalue weighted by atomic mass is 16.6. The van der Waals surface area contributed by atoms with E-state index in [2.05, 4.69) is 10.6 Å². The zero-order valence-corrected chi connectivity index (χ0v) is 10.8. The van der Waals surface area contributed by atoms with Gasteiger partial charge in [0.2, 0.25) is 5.91 Å². The maximum atomic E-state index is 12.1. The van der Waals surface area contributed by atoms with Crippen molar-refractivity contribution in [2.45, 2.75) is 12.8 Å². The molecular formula is C13H14N4O3. The van der Waals surface area contributed by atoms with Crippen molar-refractivity contribution in [3.63, 3.8) is 0 Å². The van der Waals surface area contributed by atoms with Crippen LogP contribution in [0.15, 0.2) is 18.2 Å². The van der Waals surface area contributed by atoms with Crippen molar-refractivity contribution in [3.8, 4) is 6.07 Å². The second-order valence-electron chi connectivity index (χ2n) is 4.63. The second-order valence-corrected chi connectivity index (χ2v) is 4.63. The van der Waals surface area contributed by atoms with Crippen LogP contribution in [0.2, 0.25) is 0 Å². The number of benzene rings is 1. The van der Waals surface area contributed by atoms with E-state index in [-0.39, 0.29) is 28.8 Å². The Balaban J connectivity index is 2.18. The molecule has 0 aromatic heterocycles. The maximum Gasteiger partial charge on any atom is 0.294 e. The molecule has 1 saturated heterocycles. The molecular weight excluding hydrogens is 260 g/mol. The molecule has 0 aliphatic carbocycles. The fraction of sp³-hybridized carbons (Fsp3) is 0.385. The number of nitro groups is 1. The first-order chi connectivity index (χ1) is 9.61. The first kappa shape index (κ1) is 14.0. The van der Waals surface area contributed by atoms with E-state index >= 15 is 0 Å². The summed E-state index contributed by atoms with van der Waals surface area (Å²) < 4.78 is 0. The molecule has 2 rings (SSSR count). The third-order valence-corrected chi connectivity index (χ3v) is 3.25. The van der Waals surface area contributed by atoms with Crippen LogP contribution in [0.3, 0.4) is 0 Å². The summed E-state index contributed by atoms with van der Waals surface area (Å²) in [5.41, 5.74) is 0.0553. The molecule has 2 N–H and O–H groups in total. The Kier molecular flexibility index (Phi) is 4.27. The van der Waals surface area contributed by atoms with Crippen LogP contribution in [-0.4, -0.2) is 23.9 Å². The van der Waals surface area contributed by atoms with E-state index < -0.39 is 4.92 Å². The smallest absolute Gasteiger partial charge is 0.294 e. The van der Waals surface area contributed by atoms with Crippen molar-refractivity contribution in [2.24, 2.45) is 5.92 Å². The van der Waals surface area contributed by atoms with Gasteiger partial charge in [-0.25, -0.2) is 0 Å². The highest BCUT2D eigenvalue weighted by Crippen LogP contribution is 2.26. The van der Waals surface area contributed by atoms with Crippen LogP contribution < -0.4 is 10.6 Å². The van der Waals surface area contributed by atoms with Crippen LogP contribution in [0.5, 0.6) is 0 Å².